The monoisotopic (exact) mass is 250 g/mol. The number of aliphatic hydroxyl groups is 1. The van der Waals surface area contributed by atoms with Gasteiger partial charge < -0.3 is 15.0 Å². The Balaban J connectivity index is 1.99. The molecule has 1 heterocycles. The van der Waals surface area contributed by atoms with Gasteiger partial charge in [-0.2, -0.15) is 0 Å². The molecule has 1 aromatic rings. The maximum atomic E-state index is 12.2. The molecule has 0 saturated heterocycles. The summed E-state index contributed by atoms with van der Waals surface area (Å²) in [5.74, 6) is 0.430. The lowest BCUT2D eigenvalue weighted by molar-refractivity contribution is 0.0232. The van der Waals surface area contributed by atoms with Crippen molar-refractivity contribution in [2.45, 2.75) is 45.3 Å². The highest BCUT2D eigenvalue weighted by atomic mass is 16.3. The third-order valence-electron chi connectivity index (χ3n) is 4.10. The first-order valence-corrected chi connectivity index (χ1v) is 6.63. The van der Waals surface area contributed by atoms with E-state index in [4.69, 9.17) is 0 Å². The first kappa shape index (κ1) is 13.1. The summed E-state index contributed by atoms with van der Waals surface area (Å²) in [6.45, 7) is 4.02. The lowest BCUT2D eigenvalue weighted by Crippen LogP contribution is -2.46. The fourth-order valence-electron chi connectivity index (χ4n) is 2.61. The Labute approximate surface area is 108 Å². The summed E-state index contributed by atoms with van der Waals surface area (Å²) < 4.78 is 1.95. The van der Waals surface area contributed by atoms with E-state index in [-0.39, 0.29) is 18.1 Å². The summed E-state index contributed by atoms with van der Waals surface area (Å²) in [7, 11) is 1.94. The van der Waals surface area contributed by atoms with Gasteiger partial charge in [0.15, 0.2) is 0 Å². The Bertz CT molecular complexity index is 433. The van der Waals surface area contributed by atoms with Crippen molar-refractivity contribution in [2.24, 2.45) is 13.0 Å². The van der Waals surface area contributed by atoms with Crippen molar-refractivity contribution in [3.8, 4) is 0 Å². The molecule has 2 rings (SSSR count). The van der Waals surface area contributed by atoms with Crippen LogP contribution in [-0.2, 0) is 7.05 Å². The van der Waals surface area contributed by atoms with Crippen LogP contribution in [-0.4, -0.2) is 27.7 Å². The quantitative estimate of drug-likeness (QED) is 0.853. The molecule has 1 aromatic heterocycles. The van der Waals surface area contributed by atoms with Crippen LogP contribution in [0.5, 0.6) is 0 Å². The summed E-state index contributed by atoms with van der Waals surface area (Å²) in [6, 6.07) is 2.04. The van der Waals surface area contributed by atoms with E-state index in [9.17, 15) is 9.90 Å². The van der Waals surface area contributed by atoms with Crippen LogP contribution in [0.1, 0.15) is 42.2 Å². The van der Waals surface area contributed by atoms with Crippen molar-refractivity contribution < 1.29 is 9.90 Å². The highest BCUT2D eigenvalue weighted by Gasteiger charge is 2.34. The summed E-state index contributed by atoms with van der Waals surface area (Å²) in [5, 5.41) is 12.4. The predicted octanol–water partition coefficient (Wildman–Crippen LogP) is 1.61. The largest absolute Gasteiger partial charge is 0.393 e. The lowest BCUT2D eigenvalue weighted by Gasteiger charge is -2.37. The predicted molar refractivity (Wildman–Crippen MR) is 70.4 cm³/mol. The van der Waals surface area contributed by atoms with Crippen molar-refractivity contribution in [1.82, 2.24) is 9.88 Å². The van der Waals surface area contributed by atoms with Crippen molar-refractivity contribution in [3.05, 3.63) is 23.5 Å². The molecule has 2 N–H and O–H groups in total. The van der Waals surface area contributed by atoms with Crippen molar-refractivity contribution in [2.75, 3.05) is 0 Å². The molecule has 18 heavy (non-hydrogen) atoms. The average molecular weight is 250 g/mol. The van der Waals surface area contributed by atoms with Crippen LogP contribution in [0.25, 0.3) is 0 Å². The normalized spacial score (nSPS) is 24.4. The molecule has 1 aliphatic rings. The SMILES string of the molecule is CC[C@H](NC(=O)c1ccn(C)c1C)C1CC(O)C1. The maximum Gasteiger partial charge on any atom is 0.253 e. The van der Waals surface area contributed by atoms with E-state index >= 15 is 0 Å². The fraction of sp³-hybridized carbons (Fsp3) is 0.643. The maximum absolute atomic E-state index is 12.2. The summed E-state index contributed by atoms with van der Waals surface area (Å²) in [4.78, 5) is 12.2. The molecule has 0 aromatic carbocycles. The van der Waals surface area contributed by atoms with Gasteiger partial charge in [0.1, 0.15) is 0 Å². The number of hydrogen-bond donors (Lipinski definition) is 2. The Hall–Kier alpha value is -1.29. The third kappa shape index (κ3) is 2.43. The van der Waals surface area contributed by atoms with Crippen LogP contribution in [0.4, 0.5) is 0 Å². The minimum absolute atomic E-state index is 0.00124. The number of hydrogen-bond acceptors (Lipinski definition) is 2. The number of rotatable bonds is 4. The first-order chi connectivity index (χ1) is 8.52. The highest BCUT2D eigenvalue weighted by molar-refractivity contribution is 5.95. The number of carbonyl (C=O) groups excluding carboxylic acids is 1. The van der Waals surface area contributed by atoms with Crippen LogP contribution >= 0.6 is 0 Å². The number of nitrogens with zero attached hydrogens (tertiary/aromatic N) is 1. The van der Waals surface area contributed by atoms with Crippen molar-refractivity contribution >= 4 is 5.91 Å². The number of amides is 1. The smallest absolute Gasteiger partial charge is 0.253 e. The molecule has 0 aliphatic heterocycles. The highest BCUT2D eigenvalue weighted by Crippen LogP contribution is 2.31. The second kappa shape index (κ2) is 5.14. The van der Waals surface area contributed by atoms with Crippen LogP contribution in [0, 0.1) is 12.8 Å². The molecular formula is C14H22N2O2. The molecule has 1 saturated carbocycles. The van der Waals surface area contributed by atoms with Gasteiger partial charge >= 0.3 is 0 Å². The molecule has 1 fully saturated rings. The summed E-state index contributed by atoms with van der Waals surface area (Å²) in [5.41, 5.74) is 1.73. The van der Waals surface area contributed by atoms with Gasteiger partial charge in [0, 0.05) is 25.0 Å². The van der Waals surface area contributed by atoms with E-state index in [1.807, 2.05) is 30.8 Å². The molecular weight excluding hydrogens is 228 g/mol. The molecule has 1 aliphatic carbocycles. The second-order valence-corrected chi connectivity index (χ2v) is 5.30. The lowest BCUT2D eigenvalue weighted by atomic mass is 9.76. The molecule has 0 unspecified atom stereocenters. The summed E-state index contributed by atoms with van der Waals surface area (Å²) in [6.07, 6.45) is 4.27. The topological polar surface area (TPSA) is 54.3 Å². The van der Waals surface area contributed by atoms with E-state index in [0.717, 1.165) is 30.5 Å². The minimum atomic E-state index is -0.167. The van der Waals surface area contributed by atoms with Gasteiger partial charge in [0.2, 0.25) is 0 Å². The van der Waals surface area contributed by atoms with E-state index in [2.05, 4.69) is 12.2 Å². The van der Waals surface area contributed by atoms with Gasteiger partial charge in [-0.3, -0.25) is 4.79 Å². The third-order valence-corrected chi connectivity index (χ3v) is 4.10. The zero-order valence-corrected chi connectivity index (χ0v) is 11.3. The zero-order valence-electron chi connectivity index (χ0n) is 11.3. The molecule has 4 heteroatoms. The van der Waals surface area contributed by atoms with Crippen molar-refractivity contribution in [3.63, 3.8) is 0 Å². The second-order valence-electron chi connectivity index (χ2n) is 5.30. The molecule has 0 spiro atoms. The molecule has 100 valence electrons. The molecule has 0 radical (unpaired) electrons. The van der Waals surface area contributed by atoms with Gasteiger partial charge in [-0.15, -0.1) is 0 Å². The van der Waals surface area contributed by atoms with E-state index < -0.39 is 0 Å². The molecule has 1 atom stereocenters. The Morgan fingerprint density at radius 1 is 1.61 bits per heavy atom. The van der Waals surface area contributed by atoms with Gasteiger partial charge in [-0.1, -0.05) is 6.92 Å². The fourth-order valence-corrected chi connectivity index (χ4v) is 2.61. The Kier molecular flexibility index (Phi) is 3.76. The van der Waals surface area contributed by atoms with Gasteiger partial charge in [0.05, 0.1) is 11.7 Å². The molecule has 1 amide bonds. The standard InChI is InChI=1S/C14H22N2O2/c1-4-13(10-7-11(17)8-10)15-14(18)12-5-6-16(3)9(12)2/h5-6,10-11,13,17H,4,7-8H2,1-3H3,(H,15,18)/t10?,11?,13-/m0/s1. The number of nitrogens with one attached hydrogen (secondary N) is 1. The summed E-state index contributed by atoms with van der Waals surface area (Å²) >= 11 is 0. The van der Waals surface area contributed by atoms with Gasteiger partial charge in [0.25, 0.3) is 5.91 Å². The van der Waals surface area contributed by atoms with Crippen LogP contribution in [0.15, 0.2) is 12.3 Å². The Morgan fingerprint density at radius 2 is 2.28 bits per heavy atom. The number of aliphatic hydroxyl groups excluding tert-OH is 1. The number of carbonyl (C=O) groups is 1. The van der Waals surface area contributed by atoms with Gasteiger partial charge in [-0.25, -0.2) is 0 Å². The Morgan fingerprint density at radius 3 is 2.72 bits per heavy atom. The van der Waals surface area contributed by atoms with E-state index in [1.165, 1.54) is 0 Å². The zero-order chi connectivity index (χ0) is 13.3. The number of aryl methyl sites for hydroxylation is 1. The van der Waals surface area contributed by atoms with Crippen molar-refractivity contribution in [1.29, 1.82) is 0 Å². The van der Waals surface area contributed by atoms with Crippen LogP contribution in [0.2, 0.25) is 0 Å². The van der Waals surface area contributed by atoms with E-state index in [0.29, 0.717) is 5.92 Å². The van der Waals surface area contributed by atoms with Crippen LogP contribution in [0.3, 0.4) is 0 Å². The van der Waals surface area contributed by atoms with Crippen LogP contribution < -0.4 is 5.32 Å². The number of aromatic nitrogens is 1. The van der Waals surface area contributed by atoms with E-state index in [1.54, 1.807) is 0 Å². The average Bonchev–Trinajstić information content (AvgIpc) is 2.63. The first-order valence-electron chi connectivity index (χ1n) is 6.63. The minimum Gasteiger partial charge on any atom is -0.393 e. The van der Waals surface area contributed by atoms with Gasteiger partial charge in [-0.05, 0) is 38.2 Å². The molecule has 4 nitrogen and oxygen atoms in total. The molecule has 0 bridgehead atoms.